The second kappa shape index (κ2) is 6.26. The Balaban J connectivity index is 2.30. The van der Waals surface area contributed by atoms with Crippen LogP contribution in [0.2, 0.25) is 0 Å². The van der Waals surface area contributed by atoms with Crippen molar-refractivity contribution >= 4 is 23.2 Å². The van der Waals surface area contributed by atoms with Crippen molar-refractivity contribution in [3.63, 3.8) is 0 Å². The zero-order valence-corrected chi connectivity index (χ0v) is 12.4. The van der Waals surface area contributed by atoms with Crippen LogP contribution in [0.25, 0.3) is 0 Å². The number of carbonyl (C=O) groups excluding carboxylic acids is 1. The average molecular weight is 285 g/mol. The fraction of sp³-hybridized carbons (Fsp3) is 0.250. The van der Waals surface area contributed by atoms with E-state index >= 15 is 0 Å². The van der Waals surface area contributed by atoms with E-state index in [2.05, 4.69) is 10.3 Å². The summed E-state index contributed by atoms with van der Waals surface area (Å²) in [5, 5.41) is 3.13. The van der Waals surface area contributed by atoms with Crippen LogP contribution in [0.3, 0.4) is 0 Å². The van der Waals surface area contributed by atoms with E-state index in [1.165, 1.54) is 17.3 Å². The molecule has 0 saturated carbocycles. The number of nitrogens with zero attached hydrogens (tertiary/aromatic N) is 1. The molecule has 110 valence electrons. The van der Waals surface area contributed by atoms with Crippen LogP contribution in [0.15, 0.2) is 30.5 Å². The van der Waals surface area contributed by atoms with E-state index in [9.17, 15) is 4.79 Å². The maximum absolute atomic E-state index is 11.8. The third-order valence-electron chi connectivity index (χ3n) is 3.26. The quantitative estimate of drug-likeness (QED) is 0.843. The molecule has 0 saturated heterocycles. The van der Waals surface area contributed by atoms with Gasteiger partial charge in [0, 0.05) is 11.9 Å². The zero-order chi connectivity index (χ0) is 15.4. The molecule has 5 nitrogen and oxygen atoms in total. The largest absolute Gasteiger partial charge is 0.462 e. The highest BCUT2D eigenvalue weighted by Gasteiger charge is 2.14. The van der Waals surface area contributed by atoms with E-state index < -0.39 is 5.97 Å². The lowest BCUT2D eigenvalue weighted by molar-refractivity contribution is 0.0527. The first-order chi connectivity index (χ1) is 10.0. The Morgan fingerprint density at radius 2 is 2.05 bits per heavy atom. The number of aryl methyl sites for hydroxylation is 2. The first-order valence-electron chi connectivity index (χ1n) is 6.78. The Bertz CT molecular complexity index is 669. The van der Waals surface area contributed by atoms with Gasteiger partial charge in [0.1, 0.15) is 0 Å². The number of carbonyl (C=O) groups is 1. The number of benzene rings is 1. The van der Waals surface area contributed by atoms with Crippen LogP contribution >= 0.6 is 0 Å². The van der Waals surface area contributed by atoms with Crippen LogP contribution in [0.1, 0.15) is 28.4 Å². The fourth-order valence-corrected chi connectivity index (χ4v) is 1.92. The van der Waals surface area contributed by atoms with Gasteiger partial charge in [0.2, 0.25) is 0 Å². The minimum absolute atomic E-state index is 0.286. The summed E-state index contributed by atoms with van der Waals surface area (Å²) >= 11 is 0. The molecule has 1 aromatic heterocycles. The molecule has 0 radical (unpaired) electrons. The topological polar surface area (TPSA) is 77.2 Å². The number of ether oxygens (including phenoxy) is 1. The summed E-state index contributed by atoms with van der Waals surface area (Å²) in [4.78, 5) is 16.0. The van der Waals surface area contributed by atoms with E-state index in [4.69, 9.17) is 10.5 Å². The molecule has 1 aromatic carbocycles. The highest BCUT2D eigenvalue weighted by Crippen LogP contribution is 2.25. The Morgan fingerprint density at radius 1 is 1.29 bits per heavy atom. The van der Waals surface area contributed by atoms with Gasteiger partial charge in [0.15, 0.2) is 5.82 Å². The number of anilines is 3. The lowest BCUT2D eigenvalue weighted by atomic mass is 10.1. The summed E-state index contributed by atoms with van der Waals surface area (Å²) in [5.74, 6) is 0.00402. The molecular weight excluding hydrogens is 266 g/mol. The third kappa shape index (κ3) is 3.31. The number of hydrogen-bond donors (Lipinski definition) is 2. The Labute approximate surface area is 124 Å². The SMILES string of the molecule is CCOC(=O)c1ccnc(Nc2ccc(C)c(C)c2)c1N. The number of rotatable bonds is 4. The van der Waals surface area contributed by atoms with Gasteiger partial charge in [0.25, 0.3) is 0 Å². The number of pyridine rings is 1. The molecule has 2 rings (SSSR count). The molecule has 21 heavy (non-hydrogen) atoms. The fourth-order valence-electron chi connectivity index (χ4n) is 1.92. The number of esters is 1. The smallest absolute Gasteiger partial charge is 0.340 e. The molecule has 0 aliphatic carbocycles. The Morgan fingerprint density at radius 3 is 2.71 bits per heavy atom. The molecule has 2 aromatic rings. The second-order valence-corrected chi connectivity index (χ2v) is 4.77. The summed E-state index contributed by atoms with van der Waals surface area (Å²) in [6, 6.07) is 7.52. The molecular formula is C16H19N3O2. The lowest BCUT2D eigenvalue weighted by Crippen LogP contribution is -2.10. The second-order valence-electron chi connectivity index (χ2n) is 4.77. The normalized spacial score (nSPS) is 10.2. The third-order valence-corrected chi connectivity index (χ3v) is 3.26. The van der Waals surface area contributed by atoms with Crippen LogP contribution < -0.4 is 11.1 Å². The number of hydrogen-bond acceptors (Lipinski definition) is 5. The number of nitrogen functional groups attached to an aromatic ring is 1. The standard InChI is InChI=1S/C16H19N3O2/c1-4-21-16(20)13-7-8-18-15(14(13)17)19-12-6-5-10(2)11(3)9-12/h5-9H,4,17H2,1-3H3,(H,18,19). The predicted octanol–water partition coefficient (Wildman–Crippen LogP) is 3.20. The van der Waals surface area contributed by atoms with E-state index in [0.29, 0.717) is 18.0 Å². The van der Waals surface area contributed by atoms with Crippen LogP contribution in [-0.4, -0.2) is 17.6 Å². The number of aromatic nitrogens is 1. The molecule has 0 bridgehead atoms. The minimum Gasteiger partial charge on any atom is -0.462 e. The number of nitrogens with two attached hydrogens (primary N) is 1. The molecule has 1 heterocycles. The summed E-state index contributed by atoms with van der Waals surface area (Å²) in [5.41, 5.74) is 9.86. The molecule has 0 fully saturated rings. The van der Waals surface area contributed by atoms with Gasteiger partial charge in [-0.05, 0) is 50.1 Å². The van der Waals surface area contributed by atoms with Crippen molar-refractivity contribution in [1.29, 1.82) is 0 Å². The van der Waals surface area contributed by atoms with Crippen molar-refractivity contribution < 1.29 is 9.53 Å². The van der Waals surface area contributed by atoms with Crippen molar-refractivity contribution in [1.82, 2.24) is 4.98 Å². The Hall–Kier alpha value is -2.56. The van der Waals surface area contributed by atoms with Gasteiger partial charge in [-0.3, -0.25) is 0 Å². The Kier molecular flexibility index (Phi) is 4.42. The number of nitrogens with one attached hydrogen (secondary N) is 1. The first kappa shape index (κ1) is 14.8. The van der Waals surface area contributed by atoms with Crippen LogP contribution in [-0.2, 0) is 4.74 Å². The van der Waals surface area contributed by atoms with Gasteiger partial charge < -0.3 is 15.8 Å². The highest BCUT2D eigenvalue weighted by atomic mass is 16.5. The van der Waals surface area contributed by atoms with Crippen molar-refractivity contribution in [2.75, 3.05) is 17.7 Å². The van der Waals surface area contributed by atoms with Gasteiger partial charge in [-0.1, -0.05) is 6.07 Å². The molecule has 0 amide bonds. The molecule has 0 spiro atoms. The van der Waals surface area contributed by atoms with Crippen molar-refractivity contribution in [3.05, 3.63) is 47.2 Å². The van der Waals surface area contributed by atoms with Gasteiger partial charge in [-0.2, -0.15) is 0 Å². The van der Waals surface area contributed by atoms with Crippen molar-refractivity contribution in [2.24, 2.45) is 0 Å². The maximum Gasteiger partial charge on any atom is 0.340 e. The van der Waals surface area contributed by atoms with E-state index in [-0.39, 0.29) is 5.69 Å². The van der Waals surface area contributed by atoms with Crippen molar-refractivity contribution in [2.45, 2.75) is 20.8 Å². The molecule has 3 N–H and O–H groups in total. The molecule has 0 aliphatic heterocycles. The molecule has 0 unspecified atom stereocenters. The van der Waals surface area contributed by atoms with Gasteiger partial charge in [0.05, 0.1) is 17.9 Å². The monoisotopic (exact) mass is 285 g/mol. The van der Waals surface area contributed by atoms with E-state index in [1.54, 1.807) is 13.0 Å². The molecule has 0 aliphatic rings. The average Bonchev–Trinajstić information content (AvgIpc) is 2.45. The summed E-state index contributed by atoms with van der Waals surface area (Å²) in [6.07, 6.45) is 1.53. The van der Waals surface area contributed by atoms with Crippen LogP contribution in [0.4, 0.5) is 17.2 Å². The minimum atomic E-state index is -0.444. The predicted molar refractivity (Wildman–Crippen MR) is 83.8 cm³/mol. The lowest BCUT2D eigenvalue weighted by Gasteiger charge is -2.12. The van der Waals surface area contributed by atoms with Gasteiger partial charge in [-0.25, -0.2) is 9.78 Å². The summed E-state index contributed by atoms with van der Waals surface area (Å²) in [6.45, 7) is 6.14. The zero-order valence-electron chi connectivity index (χ0n) is 12.4. The van der Waals surface area contributed by atoms with Gasteiger partial charge in [-0.15, -0.1) is 0 Å². The summed E-state index contributed by atoms with van der Waals surface area (Å²) in [7, 11) is 0. The van der Waals surface area contributed by atoms with Crippen molar-refractivity contribution in [3.8, 4) is 0 Å². The van der Waals surface area contributed by atoms with Crippen LogP contribution in [0, 0.1) is 13.8 Å². The molecule has 5 heteroatoms. The first-order valence-corrected chi connectivity index (χ1v) is 6.78. The van der Waals surface area contributed by atoms with Gasteiger partial charge >= 0.3 is 5.97 Å². The van der Waals surface area contributed by atoms with E-state index in [0.717, 1.165) is 5.69 Å². The highest BCUT2D eigenvalue weighted by molar-refractivity contribution is 5.98. The van der Waals surface area contributed by atoms with Crippen LogP contribution in [0.5, 0.6) is 0 Å². The maximum atomic E-state index is 11.8. The summed E-state index contributed by atoms with van der Waals surface area (Å²) < 4.78 is 4.97. The molecule has 0 atom stereocenters. The van der Waals surface area contributed by atoms with E-state index in [1.807, 2.05) is 32.0 Å².